The highest BCUT2D eigenvalue weighted by atomic mass is 127. The predicted octanol–water partition coefficient (Wildman–Crippen LogP) is 6.89. The molecule has 20 heavy (non-hydrogen) atoms. The van der Waals surface area contributed by atoms with Crippen molar-refractivity contribution in [3.05, 3.63) is 48.4 Å². The van der Waals surface area contributed by atoms with Gasteiger partial charge in [0.15, 0.2) is 0 Å². The van der Waals surface area contributed by atoms with Crippen LogP contribution in [-0.4, -0.2) is 10.2 Å². The summed E-state index contributed by atoms with van der Waals surface area (Å²) in [6.07, 6.45) is 0. The van der Waals surface area contributed by atoms with Crippen LogP contribution < -0.4 is 0 Å². The van der Waals surface area contributed by atoms with Gasteiger partial charge < -0.3 is 10.2 Å². The highest BCUT2D eigenvalue weighted by Crippen LogP contribution is 2.34. The average Bonchev–Trinajstić information content (AvgIpc) is 2.33. The minimum Gasteiger partial charge on any atom is -0.506 e. The fraction of sp³-hybridized carbons (Fsp3) is 0. The van der Waals surface area contributed by atoms with Crippen LogP contribution in [0.25, 0.3) is 0 Å². The fourth-order valence-electron chi connectivity index (χ4n) is 1.07. The van der Waals surface area contributed by atoms with Crippen molar-refractivity contribution in [2.24, 2.45) is 0 Å². The lowest BCUT2D eigenvalue weighted by atomic mass is 10.3. The maximum atomic E-state index is 9.31. The predicted molar refractivity (Wildman–Crippen MR) is 117 cm³/mol. The Morgan fingerprint density at radius 2 is 1.10 bits per heavy atom. The number of hydrogen-bond acceptors (Lipinski definition) is 2. The molecular weight excluding hydrogens is 797 g/mol. The second-order valence-corrected chi connectivity index (χ2v) is 9.63. The Morgan fingerprint density at radius 1 is 0.700 bits per heavy atom. The van der Waals surface area contributed by atoms with E-state index in [0.29, 0.717) is 14.7 Å². The van der Waals surface area contributed by atoms with Crippen LogP contribution in [0, 0.1) is 10.7 Å². The first-order valence-electron chi connectivity index (χ1n) is 4.89. The molecule has 108 valence electrons. The second-order valence-electron chi connectivity index (χ2n) is 3.44. The van der Waals surface area contributed by atoms with Crippen LogP contribution in [-0.2, 0) is 0 Å². The van der Waals surface area contributed by atoms with Crippen molar-refractivity contribution in [3.63, 3.8) is 0 Å². The van der Waals surface area contributed by atoms with E-state index in [1.165, 1.54) is 0 Å². The maximum Gasteiger partial charge on any atom is 0.144 e. The molecule has 0 aliphatic heterocycles. The molecule has 0 atom stereocenters. The van der Waals surface area contributed by atoms with Gasteiger partial charge in [-0.2, -0.15) is 0 Å². The Balaban J connectivity index is 0.000000200. The third-order valence-electron chi connectivity index (χ3n) is 1.96. The quantitative estimate of drug-likeness (QED) is 0.286. The molecule has 0 aliphatic rings. The molecule has 2 aromatic rings. The number of phenolic OH excluding ortho intramolecular Hbond substituents is 2. The van der Waals surface area contributed by atoms with E-state index in [1.54, 1.807) is 12.1 Å². The first-order chi connectivity index (χ1) is 9.22. The van der Waals surface area contributed by atoms with Gasteiger partial charge in [-0.3, -0.25) is 0 Å². The zero-order chi connectivity index (χ0) is 15.4. The Bertz CT molecular complexity index is 534. The third kappa shape index (κ3) is 6.05. The van der Waals surface area contributed by atoms with Gasteiger partial charge in [-0.25, -0.2) is 0 Å². The summed E-state index contributed by atoms with van der Waals surface area (Å²) < 4.78 is 5.25. The van der Waals surface area contributed by atoms with Gasteiger partial charge in [0.2, 0.25) is 0 Å². The Kier molecular flexibility index (Phi) is 8.96. The molecule has 2 rings (SSSR count). The molecule has 2 aromatic carbocycles. The van der Waals surface area contributed by atoms with Crippen molar-refractivity contribution in [3.8, 4) is 11.5 Å². The molecule has 0 aromatic heterocycles. The molecule has 2 N–H and O–H groups in total. The van der Waals surface area contributed by atoms with E-state index in [2.05, 4.69) is 116 Å². The lowest BCUT2D eigenvalue weighted by Gasteiger charge is -1.99. The van der Waals surface area contributed by atoms with E-state index in [9.17, 15) is 10.2 Å². The van der Waals surface area contributed by atoms with E-state index in [1.807, 2.05) is 12.1 Å². The molecule has 0 saturated carbocycles. The summed E-state index contributed by atoms with van der Waals surface area (Å²) in [5, 5.41) is 18.5. The van der Waals surface area contributed by atoms with Crippen LogP contribution in [0.5, 0.6) is 11.5 Å². The van der Waals surface area contributed by atoms with Gasteiger partial charge in [0, 0.05) is 8.04 Å². The van der Waals surface area contributed by atoms with E-state index >= 15 is 0 Å². The topological polar surface area (TPSA) is 40.5 Å². The number of benzene rings is 2. The van der Waals surface area contributed by atoms with Gasteiger partial charge in [0.25, 0.3) is 0 Å². The molecular formula is C12H6Br3I3O2. The normalized spacial score (nSPS) is 9.90. The first-order valence-corrected chi connectivity index (χ1v) is 10.5. The minimum atomic E-state index is 0.225. The summed E-state index contributed by atoms with van der Waals surface area (Å²) in [4.78, 5) is 0. The second kappa shape index (κ2) is 9.08. The molecule has 0 aliphatic carbocycles. The summed E-state index contributed by atoms with van der Waals surface area (Å²) in [6, 6.07) is 7.44. The standard InChI is InChI=1S/C6H3Br3O.C6H3I3O/c2*7-3-1-4(8)6(10)5(9)2-3/h2*1-2,10H. The molecule has 0 radical (unpaired) electrons. The highest BCUT2D eigenvalue weighted by Gasteiger charge is 2.03. The Morgan fingerprint density at radius 3 is 1.50 bits per heavy atom. The van der Waals surface area contributed by atoms with Gasteiger partial charge in [-0.15, -0.1) is 0 Å². The lowest BCUT2D eigenvalue weighted by Crippen LogP contribution is -1.80. The van der Waals surface area contributed by atoms with E-state index in [0.717, 1.165) is 15.2 Å². The minimum absolute atomic E-state index is 0.225. The first kappa shape index (κ1) is 19.7. The zero-order valence-corrected chi connectivity index (χ0v) is 20.7. The summed E-state index contributed by atoms with van der Waals surface area (Å²) in [6.45, 7) is 0. The zero-order valence-electron chi connectivity index (χ0n) is 9.47. The molecule has 0 fully saturated rings. The summed E-state index contributed by atoms with van der Waals surface area (Å²) in [5.74, 6) is 0.616. The number of phenols is 2. The Labute approximate surface area is 182 Å². The number of aromatic hydroxyl groups is 2. The average molecular weight is 803 g/mol. The SMILES string of the molecule is Oc1c(Br)cc(Br)cc1Br.Oc1c(I)cc(I)cc1I. The molecule has 0 unspecified atom stereocenters. The molecule has 0 heterocycles. The van der Waals surface area contributed by atoms with Crippen molar-refractivity contribution in [2.75, 3.05) is 0 Å². The van der Waals surface area contributed by atoms with Gasteiger partial charge in [0.1, 0.15) is 11.5 Å². The molecule has 2 nitrogen and oxygen atoms in total. The van der Waals surface area contributed by atoms with Crippen molar-refractivity contribution >= 4 is 116 Å². The van der Waals surface area contributed by atoms with Crippen LogP contribution in [0.1, 0.15) is 0 Å². The van der Waals surface area contributed by atoms with Crippen molar-refractivity contribution in [1.82, 2.24) is 0 Å². The molecule has 0 spiro atoms. The van der Waals surface area contributed by atoms with E-state index < -0.39 is 0 Å². The molecule has 0 bridgehead atoms. The Hall–Kier alpha value is 1.67. The monoisotopic (exact) mass is 800 g/mol. The third-order valence-corrected chi connectivity index (χ3v) is 5.90. The van der Waals surface area contributed by atoms with Crippen molar-refractivity contribution < 1.29 is 10.2 Å². The summed E-state index contributed by atoms with van der Waals surface area (Å²) in [5.41, 5.74) is 0. The van der Waals surface area contributed by atoms with Gasteiger partial charge in [0.05, 0.1) is 16.1 Å². The molecule has 8 heteroatoms. The van der Waals surface area contributed by atoms with Crippen molar-refractivity contribution in [2.45, 2.75) is 0 Å². The lowest BCUT2D eigenvalue weighted by molar-refractivity contribution is 0.467. The van der Waals surface area contributed by atoms with Crippen LogP contribution >= 0.6 is 116 Å². The smallest absolute Gasteiger partial charge is 0.144 e. The van der Waals surface area contributed by atoms with Gasteiger partial charge in [-0.1, -0.05) is 15.9 Å². The van der Waals surface area contributed by atoms with E-state index in [4.69, 9.17) is 0 Å². The van der Waals surface area contributed by atoms with Gasteiger partial charge >= 0.3 is 0 Å². The summed E-state index contributed by atoms with van der Waals surface area (Å²) >= 11 is 16.1. The van der Waals surface area contributed by atoms with Gasteiger partial charge in [-0.05, 0) is 124 Å². The number of hydrogen-bond donors (Lipinski definition) is 2. The van der Waals surface area contributed by atoms with Crippen LogP contribution in [0.3, 0.4) is 0 Å². The molecule has 0 saturated heterocycles. The summed E-state index contributed by atoms with van der Waals surface area (Å²) in [7, 11) is 0. The van der Waals surface area contributed by atoms with E-state index in [-0.39, 0.29) is 5.75 Å². The largest absolute Gasteiger partial charge is 0.506 e. The number of halogens is 6. The number of rotatable bonds is 0. The maximum absolute atomic E-state index is 9.31. The fourth-order valence-corrected chi connectivity index (χ4v) is 6.91. The van der Waals surface area contributed by atoms with Crippen molar-refractivity contribution in [1.29, 1.82) is 0 Å². The molecule has 0 amide bonds. The van der Waals surface area contributed by atoms with Crippen LogP contribution in [0.4, 0.5) is 0 Å². The van der Waals surface area contributed by atoms with Crippen LogP contribution in [0.15, 0.2) is 37.7 Å². The highest BCUT2D eigenvalue weighted by molar-refractivity contribution is 14.1. The van der Waals surface area contributed by atoms with Crippen LogP contribution in [0.2, 0.25) is 0 Å².